The molecule has 2 nitrogen and oxygen atoms in total. The smallest absolute Gasteiger partial charge is 0.309 e. The lowest BCUT2D eigenvalue weighted by Crippen LogP contribution is -2.38. The Morgan fingerprint density at radius 1 is 0.719 bits per heavy atom. The molecule has 1 rings (SSSR count). The van der Waals surface area contributed by atoms with Crippen LogP contribution in [0.5, 0.6) is 0 Å². The van der Waals surface area contributed by atoms with Gasteiger partial charge in [0.15, 0.2) is 0 Å². The maximum absolute atomic E-state index is 12.5. The Balaban J connectivity index is 2.59. The largest absolute Gasteiger partial charge is 0.481 e. The highest BCUT2D eigenvalue weighted by Crippen LogP contribution is 2.39. The van der Waals surface area contributed by atoms with Crippen LogP contribution >= 0.6 is 0 Å². The number of aliphatic carboxylic acids is 1. The zero-order valence-corrected chi connectivity index (χ0v) is 21.5. The van der Waals surface area contributed by atoms with Crippen molar-refractivity contribution in [3.8, 4) is 0 Å². The maximum Gasteiger partial charge on any atom is 0.309 e. The molecule has 0 aliphatic carbocycles. The van der Waals surface area contributed by atoms with Crippen molar-refractivity contribution in [1.82, 2.24) is 0 Å². The van der Waals surface area contributed by atoms with E-state index in [9.17, 15) is 9.90 Å². The summed E-state index contributed by atoms with van der Waals surface area (Å²) in [6.45, 7) is 6.53. The first-order valence-electron chi connectivity index (χ1n) is 13.8. The van der Waals surface area contributed by atoms with Crippen molar-refractivity contribution in [2.45, 2.75) is 136 Å². The number of unbranched alkanes of at least 4 members (excludes halogenated alkanes) is 13. The van der Waals surface area contributed by atoms with E-state index in [-0.39, 0.29) is 5.92 Å². The van der Waals surface area contributed by atoms with Crippen LogP contribution in [0.15, 0.2) is 30.3 Å². The second-order valence-corrected chi connectivity index (χ2v) is 10.3. The minimum Gasteiger partial charge on any atom is -0.481 e. The van der Waals surface area contributed by atoms with E-state index in [4.69, 9.17) is 0 Å². The summed E-state index contributed by atoms with van der Waals surface area (Å²) in [5.41, 5.74) is 0.475. The fourth-order valence-corrected chi connectivity index (χ4v) is 5.07. The molecule has 0 aromatic heterocycles. The summed E-state index contributed by atoms with van der Waals surface area (Å²) < 4.78 is 0. The molecule has 2 unspecified atom stereocenters. The van der Waals surface area contributed by atoms with Crippen LogP contribution in [-0.4, -0.2) is 11.1 Å². The van der Waals surface area contributed by atoms with Gasteiger partial charge in [0.1, 0.15) is 0 Å². The first kappa shape index (κ1) is 28.7. The van der Waals surface area contributed by atoms with Crippen molar-refractivity contribution in [3.05, 3.63) is 35.9 Å². The molecule has 0 fully saturated rings. The molecule has 0 amide bonds. The second kappa shape index (κ2) is 18.2. The van der Waals surface area contributed by atoms with Gasteiger partial charge in [-0.05, 0) is 37.7 Å². The van der Waals surface area contributed by atoms with Gasteiger partial charge in [-0.1, -0.05) is 140 Å². The highest BCUT2D eigenvalue weighted by Gasteiger charge is 2.40. The Morgan fingerprint density at radius 3 is 1.53 bits per heavy atom. The van der Waals surface area contributed by atoms with Gasteiger partial charge in [-0.2, -0.15) is 0 Å². The van der Waals surface area contributed by atoms with Gasteiger partial charge in [0, 0.05) is 0 Å². The SMILES string of the molecule is CCCCCCCCCCCC(CCCCCCCC)C(C)(Cc1ccccc1)C(=O)O. The predicted molar refractivity (Wildman–Crippen MR) is 139 cm³/mol. The van der Waals surface area contributed by atoms with E-state index >= 15 is 0 Å². The van der Waals surface area contributed by atoms with E-state index in [2.05, 4.69) is 26.0 Å². The molecule has 1 N–H and O–H groups in total. The highest BCUT2D eigenvalue weighted by molar-refractivity contribution is 5.75. The minimum absolute atomic E-state index is 0.260. The highest BCUT2D eigenvalue weighted by atomic mass is 16.4. The van der Waals surface area contributed by atoms with E-state index in [0.29, 0.717) is 6.42 Å². The molecule has 0 saturated carbocycles. The molecule has 1 aromatic rings. The van der Waals surface area contributed by atoms with Gasteiger partial charge in [0.2, 0.25) is 0 Å². The van der Waals surface area contributed by atoms with Crippen molar-refractivity contribution in [3.63, 3.8) is 0 Å². The van der Waals surface area contributed by atoms with Crippen molar-refractivity contribution < 1.29 is 9.90 Å². The van der Waals surface area contributed by atoms with Gasteiger partial charge in [-0.15, -0.1) is 0 Å². The molecule has 0 radical (unpaired) electrons. The van der Waals surface area contributed by atoms with Crippen LogP contribution < -0.4 is 0 Å². The third-order valence-corrected chi connectivity index (χ3v) is 7.37. The van der Waals surface area contributed by atoms with Crippen molar-refractivity contribution in [1.29, 1.82) is 0 Å². The van der Waals surface area contributed by atoms with Crippen LogP contribution in [-0.2, 0) is 11.2 Å². The Morgan fingerprint density at radius 2 is 1.12 bits per heavy atom. The average Bonchev–Trinajstić information content (AvgIpc) is 2.79. The van der Waals surface area contributed by atoms with Gasteiger partial charge in [-0.3, -0.25) is 4.79 Å². The van der Waals surface area contributed by atoms with Crippen LogP contribution in [0, 0.1) is 11.3 Å². The van der Waals surface area contributed by atoms with E-state index in [0.717, 1.165) is 18.4 Å². The number of hydrogen-bond donors (Lipinski definition) is 1. The second-order valence-electron chi connectivity index (χ2n) is 10.3. The Hall–Kier alpha value is -1.31. The summed E-state index contributed by atoms with van der Waals surface area (Å²) in [6.07, 6.45) is 22.2. The van der Waals surface area contributed by atoms with Crippen molar-refractivity contribution >= 4 is 5.97 Å². The molecule has 1 aromatic carbocycles. The van der Waals surface area contributed by atoms with Gasteiger partial charge in [-0.25, -0.2) is 0 Å². The van der Waals surface area contributed by atoms with Gasteiger partial charge in [0.05, 0.1) is 5.41 Å². The summed E-state index contributed by atoms with van der Waals surface area (Å²) in [4.78, 5) is 12.5. The van der Waals surface area contributed by atoms with E-state index in [1.165, 1.54) is 96.3 Å². The quantitative estimate of drug-likeness (QED) is 0.192. The maximum atomic E-state index is 12.5. The number of rotatable bonds is 21. The molecule has 0 aliphatic heterocycles. The fraction of sp³-hybridized carbons (Fsp3) is 0.767. The molecule has 32 heavy (non-hydrogen) atoms. The number of carboxylic acids is 1. The molecule has 2 atom stereocenters. The molecule has 0 bridgehead atoms. The van der Waals surface area contributed by atoms with Crippen LogP contribution in [0.1, 0.15) is 135 Å². The molecular weight excluding hydrogens is 392 g/mol. The van der Waals surface area contributed by atoms with E-state index < -0.39 is 11.4 Å². The fourth-order valence-electron chi connectivity index (χ4n) is 5.07. The molecular formula is C30H52O2. The Kier molecular flexibility index (Phi) is 16.3. The molecule has 0 aliphatic rings. The lowest BCUT2D eigenvalue weighted by Gasteiger charge is -2.35. The zero-order chi connectivity index (χ0) is 23.5. The summed E-state index contributed by atoms with van der Waals surface area (Å²) in [5, 5.41) is 10.3. The van der Waals surface area contributed by atoms with E-state index in [1.807, 2.05) is 25.1 Å². The van der Waals surface area contributed by atoms with Gasteiger partial charge in [0.25, 0.3) is 0 Å². The first-order valence-corrected chi connectivity index (χ1v) is 13.8. The standard InChI is InChI=1S/C30H52O2/c1-4-6-8-10-12-13-14-16-21-25-28(24-20-15-11-9-7-5-2)30(3,29(31)32)26-27-22-18-17-19-23-27/h17-19,22-23,28H,4-16,20-21,24-26H2,1-3H3,(H,31,32). The molecule has 184 valence electrons. The van der Waals surface area contributed by atoms with Crippen molar-refractivity contribution in [2.75, 3.05) is 0 Å². The monoisotopic (exact) mass is 444 g/mol. The third-order valence-electron chi connectivity index (χ3n) is 7.37. The summed E-state index contributed by atoms with van der Waals surface area (Å²) in [7, 11) is 0. The summed E-state index contributed by atoms with van der Waals surface area (Å²) in [6, 6.07) is 10.2. The molecule has 0 heterocycles. The van der Waals surface area contributed by atoms with Crippen LogP contribution in [0.3, 0.4) is 0 Å². The first-order chi connectivity index (χ1) is 15.5. The van der Waals surface area contributed by atoms with Crippen LogP contribution in [0.2, 0.25) is 0 Å². The van der Waals surface area contributed by atoms with Crippen LogP contribution in [0.25, 0.3) is 0 Å². The van der Waals surface area contributed by atoms with Crippen molar-refractivity contribution in [2.24, 2.45) is 11.3 Å². The lowest BCUT2D eigenvalue weighted by atomic mass is 9.68. The molecule has 2 heteroatoms. The Labute approximate surface area is 199 Å². The number of carboxylic acid groups (broad SMARTS) is 1. The Bertz CT molecular complexity index is 567. The van der Waals surface area contributed by atoms with E-state index in [1.54, 1.807) is 0 Å². The predicted octanol–water partition coefficient (Wildman–Crippen LogP) is 9.61. The zero-order valence-electron chi connectivity index (χ0n) is 21.5. The lowest BCUT2D eigenvalue weighted by molar-refractivity contribution is -0.152. The number of hydrogen-bond acceptors (Lipinski definition) is 1. The normalized spacial score (nSPS) is 14.2. The minimum atomic E-state index is -0.676. The van der Waals surface area contributed by atoms with Gasteiger partial charge < -0.3 is 5.11 Å². The topological polar surface area (TPSA) is 37.3 Å². The average molecular weight is 445 g/mol. The third kappa shape index (κ3) is 12.1. The molecule has 0 saturated heterocycles. The molecule has 0 spiro atoms. The summed E-state index contributed by atoms with van der Waals surface area (Å²) in [5.74, 6) is -0.357. The van der Waals surface area contributed by atoms with Gasteiger partial charge >= 0.3 is 5.97 Å². The number of carbonyl (C=O) groups is 1. The van der Waals surface area contributed by atoms with Crippen LogP contribution in [0.4, 0.5) is 0 Å². The summed E-state index contributed by atoms with van der Waals surface area (Å²) >= 11 is 0. The number of benzene rings is 1.